The Balaban J connectivity index is 1.57. The van der Waals surface area contributed by atoms with E-state index < -0.39 is 10.0 Å². The molecule has 0 aliphatic rings. The van der Waals surface area contributed by atoms with Crippen molar-refractivity contribution in [2.75, 3.05) is 23.3 Å². The van der Waals surface area contributed by atoms with Crippen LogP contribution >= 0.6 is 11.6 Å². The van der Waals surface area contributed by atoms with Crippen molar-refractivity contribution in [1.82, 2.24) is 0 Å². The van der Waals surface area contributed by atoms with Crippen LogP contribution in [0.3, 0.4) is 0 Å². The van der Waals surface area contributed by atoms with Crippen molar-refractivity contribution in [3.63, 3.8) is 0 Å². The molecule has 0 fully saturated rings. The zero-order valence-corrected chi connectivity index (χ0v) is 20.6. The number of aryl methyl sites for hydroxylation is 1. The van der Waals surface area contributed by atoms with E-state index in [2.05, 4.69) is 10.0 Å². The molecule has 180 valence electrons. The minimum Gasteiger partial charge on any atom is -0.490 e. The van der Waals surface area contributed by atoms with Gasteiger partial charge in [-0.25, -0.2) is 8.42 Å². The van der Waals surface area contributed by atoms with E-state index in [4.69, 9.17) is 21.1 Å². The normalized spacial score (nSPS) is 11.0. The maximum atomic E-state index is 12.6. The number of anilines is 2. The van der Waals surface area contributed by atoms with Gasteiger partial charge in [-0.05, 0) is 86.5 Å². The maximum absolute atomic E-state index is 12.6. The predicted molar refractivity (Wildman–Crippen MR) is 134 cm³/mol. The molecule has 1 amide bonds. The van der Waals surface area contributed by atoms with Crippen LogP contribution in [-0.2, 0) is 21.2 Å². The van der Waals surface area contributed by atoms with Gasteiger partial charge in [-0.15, -0.1) is 0 Å². The number of ether oxygens (including phenoxy) is 2. The van der Waals surface area contributed by atoms with Crippen molar-refractivity contribution >= 4 is 38.9 Å². The van der Waals surface area contributed by atoms with Gasteiger partial charge in [0.15, 0.2) is 11.5 Å². The number of benzene rings is 3. The molecule has 0 unspecified atom stereocenters. The fourth-order valence-electron chi connectivity index (χ4n) is 3.18. The van der Waals surface area contributed by atoms with Gasteiger partial charge >= 0.3 is 0 Å². The Morgan fingerprint density at radius 2 is 1.47 bits per heavy atom. The van der Waals surface area contributed by atoms with Crippen molar-refractivity contribution in [3.05, 3.63) is 77.3 Å². The van der Waals surface area contributed by atoms with E-state index in [-0.39, 0.29) is 17.2 Å². The van der Waals surface area contributed by atoms with Gasteiger partial charge in [-0.1, -0.05) is 17.7 Å². The fourth-order valence-corrected chi connectivity index (χ4v) is 4.37. The Labute approximate surface area is 205 Å². The molecule has 0 heterocycles. The largest absolute Gasteiger partial charge is 0.490 e. The van der Waals surface area contributed by atoms with E-state index in [0.717, 1.165) is 5.56 Å². The van der Waals surface area contributed by atoms with Gasteiger partial charge in [0, 0.05) is 22.8 Å². The van der Waals surface area contributed by atoms with Crippen LogP contribution in [0.25, 0.3) is 0 Å². The molecule has 0 bridgehead atoms. The molecule has 34 heavy (non-hydrogen) atoms. The lowest BCUT2D eigenvalue weighted by atomic mass is 10.1. The summed E-state index contributed by atoms with van der Waals surface area (Å²) in [6, 6.07) is 18.0. The van der Waals surface area contributed by atoms with E-state index in [1.54, 1.807) is 36.4 Å². The Kier molecular flexibility index (Phi) is 8.79. The number of amides is 1. The highest BCUT2D eigenvalue weighted by molar-refractivity contribution is 7.92. The molecule has 3 rings (SSSR count). The molecule has 0 spiro atoms. The second-order valence-corrected chi connectivity index (χ2v) is 9.45. The third kappa shape index (κ3) is 7.13. The number of nitrogens with one attached hydrogen (secondary N) is 2. The SMILES string of the molecule is CCOc1ccc(CCC(=O)Nc2ccc(S(=O)(=O)Nc3ccc(Cl)cc3)cc2)cc1OCC. The lowest BCUT2D eigenvalue weighted by Gasteiger charge is -2.12. The summed E-state index contributed by atoms with van der Waals surface area (Å²) in [5.74, 6) is 1.16. The number of rotatable bonds is 11. The second kappa shape index (κ2) is 11.8. The summed E-state index contributed by atoms with van der Waals surface area (Å²) in [6.07, 6.45) is 0.785. The molecule has 0 saturated carbocycles. The molecular formula is C25H27ClN2O5S. The molecule has 0 atom stereocenters. The Bertz CT molecular complexity index is 1210. The monoisotopic (exact) mass is 502 g/mol. The van der Waals surface area contributed by atoms with Gasteiger partial charge in [-0.2, -0.15) is 0 Å². The van der Waals surface area contributed by atoms with Crippen LogP contribution in [0.2, 0.25) is 5.02 Å². The highest BCUT2D eigenvalue weighted by atomic mass is 35.5. The zero-order chi connectivity index (χ0) is 24.6. The minimum absolute atomic E-state index is 0.0818. The van der Waals surface area contributed by atoms with Crippen LogP contribution in [-0.4, -0.2) is 27.5 Å². The maximum Gasteiger partial charge on any atom is 0.261 e. The number of carbonyl (C=O) groups excluding carboxylic acids is 1. The third-order valence-electron chi connectivity index (χ3n) is 4.79. The molecular weight excluding hydrogens is 476 g/mol. The summed E-state index contributed by atoms with van der Waals surface area (Å²) < 4.78 is 38.8. The summed E-state index contributed by atoms with van der Waals surface area (Å²) in [6.45, 7) is 4.87. The van der Waals surface area contributed by atoms with Crippen LogP contribution < -0.4 is 19.5 Å². The van der Waals surface area contributed by atoms with Crippen LogP contribution in [0.15, 0.2) is 71.6 Å². The molecule has 0 radical (unpaired) electrons. The van der Waals surface area contributed by atoms with Gasteiger partial charge in [0.2, 0.25) is 5.91 Å². The molecule has 7 nitrogen and oxygen atoms in total. The van der Waals surface area contributed by atoms with Gasteiger partial charge < -0.3 is 14.8 Å². The van der Waals surface area contributed by atoms with Gasteiger partial charge in [0.1, 0.15) is 0 Å². The van der Waals surface area contributed by atoms with Crippen molar-refractivity contribution in [3.8, 4) is 11.5 Å². The lowest BCUT2D eigenvalue weighted by Crippen LogP contribution is -2.14. The molecule has 3 aromatic rings. The Morgan fingerprint density at radius 1 is 0.853 bits per heavy atom. The quantitative estimate of drug-likeness (QED) is 0.360. The van der Waals surface area contributed by atoms with Crippen molar-refractivity contribution in [2.45, 2.75) is 31.6 Å². The topological polar surface area (TPSA) is 93.7 Å². The Hall–Kier alpha value is -3.23. The van der Waals surface area contributed by atoms with Crippen molar-refractivity contribution in [2.24, 2.45) is 0 Å². The molecule has 0 aliphatic carbocycles. The average Bonchev–Trinajstić information content (AvgIpc) is 2.81. The highest BCUT2D eigenvalue weighted by Crippen LogP contribution is 2.29. The molecule has 0 saturated heterocycles. The molecule has 0 aromatic heterocycles. The first-order chi connectivity index (χ1) is 16.3. The first-order valence-electron chi connectivity index (χ1n) is 10.9. The third-order valence-corrected chi connectivity index (χ3v) is 6.44. The van der Waals surface area contributed by atoms with Crippen LogP contribution in [0.4, 0.5) is 11.4 Å². The zero-order valence-electron chi connectivity index (χ0n) is 19.0. The fraction of sp³-hybridized carbons (Fsp3) is 0.240. The summed E-state index contributed by atoms with van der Waals surface area (Å²) in [7, 11) is -3.76. The van der Waals surface area contributed by atoms with E-state index in [9.17, 15) is 13.2 Å². The van der Waals surface area contributed by atoms with Crippen LogP contribution in [0.1, 0.15) is 25.8 Å². The first kappa shape index (κ1) is 25.4. The highest BCUT2D eigenvalue weighted by Gasteiger charge is 2.15. The molecule has 0 aliphatic heterocycles. The molecule has 9 heteroatoms. The predicted octanol–water partition coefficient (Wildman–Crippen LogP) is 5.51. The average molecular weight is 503 g/mol. The second-order valence-electron chi connectivity index (χ2n) is 7.33. The number of sulfonamides is 1. The number of halogens is 1. The number of carbonyl (C=O) groups is 1. The number of hydrogen-bond acceptors (Lipinski definition) is 5. The van der Waals surface area contributed by atoms with Gasteiger partial charge in [0.25, 0.3) is 10.0 Å². The van der Waals surface area contributed by atoms with E-state index in [1.165, 1.54) is 12.1 Å². The van der Waals surface area contributed by atoms with E-state index in [1.807, 2.05) is 32.0 Å². The molecule has 2 N–H and O–H groups in total. The number of hydrogen-bond donors (Lipinski definition) is 2. The standard InChI is InChI=1S/C25H27ClN2O5S/c1-3-32-23-15-5-18(17-24(23)33-4-2)6-16-25(29)27-20-11-13-22(14-12-20)34(30,31)28-21-9-7-19(26)8-10-21/h5,7-15,17,28H,3-4,6,16H2,1-2H3,(H,27,29). The first-order valence-corrected chi connectivity index (χ1v) is 12.7. The smallest absolute Gasteiger partial charge is 0.261 e. The molecule has 3 aromatic carbocycles. The van der Waals surface area contributed by atoms with Gasteiger partial charge in [-0.3, -0.25) is 9.52 Å². The van der Waals surface area contributed by atoms with E-state index >= 15 is 0 Å². The van der Waals surface area contributed by atoms with Gasteiger partial charge in [0.05, 0.1) is 18.1 Å². The van der Waals surface area contributed by atoms with Crippen LogP contribution in [0, 0.1) is 0 Å². The van der Waals surface area contributed by atoms with E-state index in [0.29, 0.717) is 47.5 Å². The summed E-state index contributed by atoms with van der Waals surface area (Å²) in [5, 5.41) is 3.31. The van der Waals surface area contributed by atoms with Crippen molar-refractivity contribution in [1.29, 1.82) is 0 Å². The summed E-state index contributed by atoms with van der Waals surface area (Å²) in [5.41, 5.74) is 1.87. The van der Waals surface area contributed by atoms with Crippen LogP contribution in [0.5, 0.6) is 11.5 Å². The van der Waals surface area contributed by atoms with Crippen molar-refractivity contribution < 1.29 is 22.7 Å². The summed E-state index contributed by atoms with van der Waals surface area (Å²) >= 11 is 5.83. The minimum atomic E-state index is -3.76. The Morgan fingerprint density at radius 3 is 2.12 bits per heavy atom. The summed E-state index contributed by atoms with van der Waals surface area (Å²) in [4.78, 5) is 12.5. The lowest BCUT2D eigenvalue weighted by molar-refractivity contribution is -0.116.